The monoisotopic (exact) mass is 391 g/mol. The minimum Gasteiger partial charge on any atom is -0.506 e. The number of benzene rings is 1. The van der Waals surface area contributed by atoms with Crippen molar-refractivity contribution in [1.29, 1.82) is 0 Å². The zero-order valence-corrected chi connectivity index (χ0v) is 15.4. The van der Waals surface area contributed by atoms with Crippen LogP contribution in [0.2, 0.25) is 0 Å². The number of carbonyl (C=O) groups is 2. The van der Waals surface area contributed by atoms with Gasteiger partial charge in [0.15, 0.2) is 5.78 Å². The van der Waals surface area contributed by atoms with E-state index < -0.39 is 0 Å². The fourth-order valence-corrected chi connectivity index (χ4v) is 2.31. The highest BCUT2D eigenvalue weighted by Crippen LogP contribution is 2.27. The molecule has 0 aliphatic rings. The number of nitrogens with zero attached hydrogens (tertiary/aromatic N) is 3. The minimum absolute atomic E-state index is 0.0229. The molecule has 0 fully saturated rings. The van der Waals surface area contributed by atoms with Gasteiger partial charge in [-0.15, -0.1) is 0 Å². The Morgan fingerprint density at radius 3 is 2.72 bits per heavy atom. The molecule has 3 N–H and O–H groups in total. The fourth-order valence-electron chi connectivity index (χ4n) is 2.31. The van der Waals surface area contributed by atoms with Crippen LogP contribution in [0.4, 0.5) is 17.3 Å². The summed E-state index contributed by atoms with van der Waals surface area (Å²) in [7, 11) is 0. The van der Waals surface area contributed by atoms with Gasteiger partial charge in [-0.3, -0.25) is 14.6 Å². The molecule has 0 saturated heterocycles. The normalized spacial score (nSPS) is 10.1. The number of hydrogen-bond acceptors (Lipinski definition) is 8. The summed E-state index contributed by atoms with van der Waals surface area (Å²) in [4.78, 5) is 35.6. The Morgan fingerprint density at radius 1 is 1.17 bits per heavy atom. The molecule has 0 saturated carbocycles. The summed E-state index contributed by atoms with van der Waals surface area (Å²) in [6, 6.07) is 8.05. The number of aromatic hydroxyl groups is 1. The quantitative estimate of drug-likeness (QED) is 0.413. The van der Waals surface area contributed by atoms with E-state index in [0.29, 0.717) is 17.1 Å². The lowest BCUT2D eigenvalue weighted by atomic mass is 10.2. The number of pyridine rings is 1. The van der Waals surface area contributed by atoms with E-state index in [1.807, 2.05) is 0 Å². The van der Waals surface area contributed by atoms with Crippen molar-refractivity contribution in [3.63, 3.8) is 0 Å². The molecule has 0 aliphatic carbocycles. The molecule has 2 aromatic heterocycles. The van der Waals surface area contributed by atoms with Gasteiger partial charge in [0, 0.05) is 24.0 Å². The number of nitrogens with one attached hydrogen (secondary N) is 2. The molecular formula is C20H17N5O4. The first-order valence-electron chi connectivity index (χ1n) is 8.45. The Kier molecular flexibility index (Phi) is 5.79. The van der Waals surface area contributed by atoms with Crippen molar-refractivity contribution in [1.82, 2.24) is 15.0 Å². The molecule has 1 aromatic carbocycles. The number of ether oxygens (including phenoxy) is 1. The standard InChI is InChI=1S/C20H17N5O4/c1-3-18(28)23-13-5-4-6-16(8-13)29-19-17(12(2)26)11-22-20(25-19)24-14-7-15(27)10-21-9-14/h3-11,27H,1H2,2H3,(H,23,28)(H,22,24,25). The first-order chi connectivity index (χ1) is 13.9. The third-order valence-electron chi connectivity index (χ3n) is 3.61. The van der Waals surface area contributed by atoms with Crippen molar-refractivity contribution >= 4 is 29.0 Å². The molecule has 0 spiro atoms. The number of rotatable bonds is 7. The molecule has 9 nitrogen and oxygen atoms in total. The van der Waals surface area contributed by atoms with Crippen LogP contribution >= 0.6 is 0 Å². The van der Waals surface area contributed by atoms with Crippen molar-refractivity contribution in [3.05, 3.63) is 67.1 Å². The largest absolute Gasteiger partial charge is 0.506 e. The Balaban J connectivity index is 1.89. The highest BCUT2D eigenvalue weighted by atomic mass is 16.5. The van der Waals surface area contributed by atoms with Crippen LogP contribution in [0.1, 0.15) is 17.3 Å². The Bertz CT molecular complexity index is 1080. The van der Waals surface area contributed by atoms with Crippen LogP contribution in [-0.4, -0.2) is 31.7 Å². The number of aromatic nitrogens is 3. The van der Waals surface area contributed by atoms with Crippen molar-refractivity contribution < 1.29 is 19.4 Å². The number of hydrogen-bond donors (Lipinski definition) is 3. The maximum Gasteiger partial charge on any atom is 0.247 e. The first-order valence-corrected chi connectivity index (χ1v) is 8.45. The van der Waals surface area contributed by atoms with Crippen LogP contribution in [-0.2, 0) is 4.79 Å². The molecule has 3 aromatic rings. The fraction of sp³-hybridized carbons (Fsp3) is 0.0500. The molecule has 0 radical (unpaired) electrons. The van der Waals surface area contributed by atoms with Crippen molar-refractivity contribution in [2.45, 2.75) is 6.92 Å². The number of ketones is 1. The van der Waals surface area contributed by atoms with Crippen LogP contribution < -0.4 is 15.4 Å². The molecule has 0 atom stereocenters. The van der Waals surface area contributed by atoms with E-state index in [-0.39, 0.29) is 34.8 Å². The summed E-state index contributed by atoms with van der Waals surface area (Å²) in [6.45, 7) is 4.78. The average Bonchev–Trinajstić information content (AvgIpc) is 2.68. The summed E-state index contributed by atoms with van der Waals surface area (Å²) in [5.74, 6) is -0.117. The van der Waals surface area contributed by atoms with Crippen molar-refractivity contribution in [2.24, 2.45) is 0 Å². The summed E-state index contributed by atoms with van der Waals surface area (Å²) in [5, 5.41) is 15.0. The second-order valence-electron chi connectivity index (χ2n) is 5.85. The van der Waals surface area contributed by atoms with Crippen molar-refractivity contribution in [3.8, 4) is 17.4 Å². The Morgan fingerprint density at radius 2 is 2.00 bits per heavy atom. The zero-order chi connectivity index (χ0) is 20.8. The van der Waals surface area contributed by atoms with E-state index >= 15 is 0 Å². The molecule has 9 heteroatoms. The van der Waals surface area contributed by atoms with Gasteiger partial charge in [0.05, 0.1) is 23.6 Å². The predicted octanol–water partition coefficient (Wildman–Crippen LogP) is 3.44. The molecule has 0 bridgehead atoms. The molecule has 1 amide bonds. The van der Waals surface area contributed by atoms with Gasteiger partial charge in [0.1, 0.15) is 11.5 Å². The molecule has 3 rings (SSSR count). The van der Waals surface area contributed by atoms with E-state index in [0.717, 1.165) is 6.08 Å². The number of carbonyl (C=O) groups excluding carboxylic acids is 2. The lowest BCUT2D eigenvalue weighted by molar-refractivity contribution is -0.111. The minimum atomic E-state index is -0.361. The zero-order valence-electron chi connectivity index (χ0n) is 15.4. The highest BCUT2D eigenvalue weighted by molar-refractivity contribution is 5.99. The van der Waals surface area contributed by atoms with E-state index in [9.17, 15) is 14.7 Å². The van der Waals surface area contributed by atoms with Gasteiger partial charge in [-0.1, -0.05) is 12.6 Å². The first kappa shape index (κ1) is 19.5. The van der Waals surface area contributed by atoms with Crippen LogP contribution in [0.25, 0.3) is 0 Å². The lowest BCUT2D eigenvalue weighted by Gasteiger charge is -2.11. The summed E-state index contributed by atoms with van der Waals surface area (Å²) in [5.41, 5.74) is 1.14. The number of amides is 1. The average molecular weight is 391 g/mol. The maximum atomic E-state index is 11.9. The third-order valence-corrected chi connectivity index (χ3v) is 3.61. The topological polar surface area (TPSA) is 126 Å². The molecular weight excluding hydrogens is 374 g/mol. The summed E-state index contributed by atoms with van der Waals surface area (Å²) < 4.78 is 5.77. The molecule has 0 aliphatic heterocycles. The summed E-state index contributed by atoms with van der Waals surface area (Å²) >= 11 is 0. The van der Waals surface area contributed by atoms with Crippen LogP contribution in [0.3, 0.4) is 0 Å². The van der Waals surface area contributed by atoms with Gasteiger partial charge >= 0.3 is 0 Å². The van der Waals surface area contributed by atoms with Gasteiger partial charge < -0.3 is 20.5 Å². The van der Waals surface area contributed by atoms with E-state index in [4.69, 9.17) is 4.74 Å². The van der Waals surface area contributed by atoms with Crippen LogP contribution in [0.5, 0.6) is 17.4 Å². The number of Topliss-reactive ketones (excluding diaryl/α,β-unsaturated/α-hetero) is 1. The van der Waals surface area contributed by atoms with Crippen LogP contribution in [0.15, 0.2) is 61.6 Å². The van der Waals surface area contributed by atoms with E-state index in [1.54, 1.807) is 24.3 Å². The van der Waals surface area contributed by atoms with Gasteiger partial charge in [-0.2, -0.15) is 4.98 Å². The van der Waals surface area contributed by atoms with E-state index in [2.05, 4.69) is 32.2 Å². The van der Waals surface area contributed by atoms with Gasteiger partial charge in [0.25, 0.3) is 0 Å². The lowest BCUT2D eigenvalue weighted by Crippen LogP contribution is -2.07. The van der Waals surface area contributed by atoms with Gasteiger partial charge in [-0.25, -0.2) is 4.98 Å². The molecule has 0 unspecified atom stereocenters. The Hall–Kier alpha value is -4.27. The second kappa shape index (κ2) is 8.61. The van der Waals surface area contributed by atoms with E-state index in [1.165, 1.54) is 31.6 Å². The molecule has 146 valence electrons. The van der Waals surface area contributed by atoms with Gasteiger partial charge in [0.2, 0.25) is 17.7 Å². The molecule has 2 heterocycles. The number of anilines is 3. The summed E-state index contributed by atoms with van der Waals surface area (Å²) in [6.07, 6.45) is 5.26. The highest BCUT2D eigenvalue weighted by Gasteiger charge is 2.14. The van der Waals surface area contributed by atoms with Crippen LogP contribution in [0, 0.1) is 0 Å². The SMILES string of the molecule is C=CC(=O)Nc1cccc(Oc2nc(Nc3cncc(O)c3)ncc2C(C)=O)c1. The third kappa shape index (κ3) is 5.13. The Labute approximate surface area is 166 Å². The van der Waals surface area contributed by atoms with Crippen molar-refractivity contribution in [2.75, 3.05) is 10.6 Å². The maximum absolute atomic E-state index is 11.9. The predicted molar refractivity (Wildman–Crippen MR) is 107 cm³/mol. The van der Waals surface area contributed by atoms with Gasteiger partial charge in [-0.05, 0) is 25.1 Å². The molecule has 29 heavy (non-hydrogen) atoms. The smallest absolute Gasteiger partial charge is 0.247 e. The second-order valence-corrected chi connectivity index (χ2v) is 5.85.